The van der Waals surface area contributed by atoms with Gasteiger partial charge in [0.2, 0.25) is 4.11 Å². The molecular formula is C7H11IO3. The quantitative estimate of drug-likeness (QED) is 0.628. The molecule has 1 saturated carbocycles. The zero-order valence-corrected chi connectivity index (χ0v) is 8.28. The first kappa shape index (κ1) is 9.25. The van der Waals surface area contributed by atoms with Gasteiger partial charge in [0.25, 0.3) is 0 Å². The average Bonchev–Trinajstić information content (AvgIpc) is 2.39. The van der Waals surface area contributed by atoms with Gasteiger partial charge >= 0.3 is 5.97 Å². The van der Waals surface area contributed by atoms with Gasteiger partial charge < -0.3 is 9.84 Å². The maximum Gasteiger partial charge on any atom is 0.343 e. The normalized spacial score (nSPS) is 21.9. The van der Waals surface area contributed by atoms with Gasteiger partial charge in [-0.3, -0.25) is 0 Å². The molecule has 0 aliphatic heterocycles. The van der Waals surface area contributed by atoms with E-state index in [-0.39, 0.29) is 6.10 Å². The smallest absolute Gasteiger partial charge is 0.343 e. The van der Waals surface area contributed by atoms with Gasteiger partial charge in [-0.15, -0.1) is 0 Å². The van der Waals surface area contributed by atoms with Crippen LogP contribution in [0.3, 0.4) is 0 Å². The standard InChI is InChI=1S/C7H11IO3/c8-6(7(9)10)11-5-3-1-2-4-5/h5-6H,1-4H2,(H,9,10). The molecule has 0 aromatic heterocycles. The first-order valence-corrected chi connectivity index (χ1v) is 4.97. The summed E-state index contributed by atoms with van der Waals surface area (Å²) in [6.07, 6.45) is 4.58. The largest absolute Gasteiger partial charge is 0.479 e. The molecule has 0 aromatic rings. The molecule has 0 aromatic carbocycles. The van der Waals surface area contributed by atoms with Crippen molar-refractivity contribution in [3.8, 4) is 0 Å². The summed E-state index contributed by atoms with van der Waals surface area (Å²) in [5.74, 6) is -0.877. The minimum absolute atomic E-state index is 0.188. The third-order valence-electron chi connectivity index (χ3n) is 1.81. The van der Waals surface area contributed by atoms with Gasteiger partial charge in [0.15, 0.2) is 0 Å². The van der Waals surface area contributed by atoms with E-state index in [9.17, 15) is 4.79 Å². The molecule has 3 nitrogen and oxygen atoms in total. The Hall–Kier alpha value is 0.160. The molecule has 0 radical (unpaired) electrons. The summed E-state index contributed by atoms with van der Waals surface area (Å²) in [7, 11) is 0. The van der Waals surface area contributed by atoms with Crippen LogP contribution in [0.5, 0.6) is 0 Å². The van der Waals surface area contributed by atoms with E-state index in [1.165, 1.54) is 12.8 Å². The van der Waals surface area contributed by atoms with E-state index in [1.54, 1.807) is 22.6 Å². The Balaban J connectivity index is 2.23. The highest BCUT2D eigenvalue weighted by molar-refractivity contribution is 14.1. The monoisotopic (exact) mass is 270 g/mol. The first-order chi connectivity index (χ1) is 5.20. The molecule has 0 bridgehead atoms. The van der Waals surface area contributed by atoms with Gasteiger partial charge in [0.05, 0.1) is 6.10 Å². The Labute approximate surface area is 79.3 Å². The topological polar surface area (TPSA) is 46.5 Å². The number of rotatable bonds is 3. The second-order valence-corrected chi connectivity index (χ2v) is 3.83. The Kier molecular flexibility index (Phi) is 3.58. The van der Waals surface area contributed by atoms with E-state index in [0.29, 0.717) is 0 Å². The van der Waals surface area contributed by atoms with Crippen LogP contribution in [0.2, 0.25) is 0 Å². The molecule has 1 aliphatic rings. The molecule has 1 rings (SSSR count). The van der Waals surface area contributed by atoms with Crippen LogP contribution in [0, 0.1) is 0 Å². The summed E-state index contributed by atoms with van der Waals surface area (Å²) in [4.78, 5) is 10.4. The zero-order chi connectivity index (χ0) is 8.27. The minimum Gasteiger partial charge on any atom is -0.479 e. The fourth-order valence-corrected chi connectivity index (χ4v) is 1.67. The highest BCUT2D eigenvalue weighted by Crippen LogP contribution is 2.23. The lowest BCUT2D eigenvalue weighted by Crippen LogP contribution is -2.22. The summed E-state index contributed by atoms with van der Waals surface area (Å²) in [6, 6.07) is 0. The van der Waals surface area contributed by atoms with Crippen LogP contribution in [-0.2, 0) is 9.53 Å². The molecular weight excluding hydrogens is 259 g/mol. The number of carboxylic acids is 1. The van der Waals surface area contributed by atoms with Crippen molar-refractivity contribution in [2.75, 3.05) is 0 Å². The van der Waals surface area contributed by atoms with Gasteiger partial charge in [-0.1, -0.05) is 12.8 Å². The number of hydrogen-bond donors (Lipinski definition) is 1. The Bertz CT molecular complexity index is 143. The maximum absolute atomic E-state index is 10.4. The second-order valence-electron chi connectivity index (χ2n) is 2.70. The molecule has 0 heterocycles. The van der Waals surface area contributed by atoms with Crippen molar-refractivity contribution in [3.05, 3.63) is 0 Å². The van der Waals surface area contributed by atoms with E-state index in [0.717, 1.165) is 12.8 Å². The van der Waals surface area contributed by atoms with E-state index in [1.807, 2.05) is 0 Å². The van der Waals surface area contributed by atoms with Crippen LogP contribution in [0.25, 0.3) is 0 Å². The fraction of sp³-hybridized carbons (Fsp3) is 0.857. The van der Waals surface area contributed by atoms with Crippen molar-refractivity contribution in [1.82, 2.24) is 0 Å². The van der Waals surface area contributed by atoms with Gasteiger partial charge in [-0.25, -0.2) is 4.79 Å². The number of alkyl halides is 1. The molecule has 1 unspecified atom stereocenters. The summed E-state index contributed by atoms with van der Waals surface area (Å²) >= 11 is 1.80. The van der Waals surface area contributed by atoms with Crippen LogP contribution in [0.1, 0.15) is 25.7 Å². The van der Waals surface area contributed by atoms with Crippen molar-refractivity contribution in [2.45, 2.75) is 35.9 Å². The van der Waals surface area contributed by atoms with Gasteiger partial charge in [-0.2, -0.15) is 0 Å². The molecule has 4 heteroatoms. The number of halogens is 1. The highest BCUT2D eigenvalue weighted by atomic mass is 127. The van der Waals surface area contributed by atoms with E-state index >= 15 is 0 Å². The molecule has 0 saturated heterocycles. The Morgan fingerprint density at radius 2 is 2.09 bits per heavy atom. The molecule has 1 fully saturated rings. The molecule has 64 valence electrons. The molecule has 1 aliphatic carbocycles. The zero-order valence-electron chi connectivity index (χ0n) is 6.12. The van der Waals surface area contributed by atoms with Crippen LogP contribution in [-0.4, -0.2) is 21.3 Å². The predicted molar refractivity (Wildman–Crippen MR) is 48.8 cm³/mol. The number of ether oxygens (including phenoxy) is 1. The predicted octanol–water partition coefficient (Wildman–Crippen LogP) is 1.79. The van der Waals surface area contributed by atoms with E-state index in [2.05, 4.69) is 0 Å². The van der Waals surface area contributed by atoms with E-state index in [4.69, 9.17) is 9.84 Å². The number of carbonyl (C=O) groups is 1. The van der Waals surface area contributed by atoms with Crippen molar-refractivity contribution >= 4 is 28.6 Å². The summed E-state index contributed by atoms with van der Waals surface area (Å²) in [5, 5.41) is 8.51. The maximum atomic E-state index is 10.4. The lowest BCUT2D eigenvalue weighted by atomic mass is 10.3. The third kappa shape index (κ3) is 2.94. The van der Waals surface area contributed by atoms with Crippen LogP contribution in [0.4, 0.5) is 0 Å². The van der Waals surface area contributed by atoms with Crippen molar-refractivity contribution in [1.29, 1.82) is 0 Å². The van der Waals surface area contributed by atoms with Crippen molar-refractivity contribution in [2.24, 2.45) is 0 Å². The summed E-state index contributed by atoms with van der Waals surface area (Å²) in [6.45, 7) is 0. The lowest BCUT2D eigenvalue weighted by Gasteiger charge is -2.12. The Morgan fingerprint density at radius 1 is 1.55 bits per heavy atom. The molecule has 1 atom stereocenters. The SMILES string of the molecule is O=C(O)C(I)OC1CCCC1. The van der Waals surface area contributed by atoms with Crippen LogP contribution >= 0.6 is 22.6 Å². The lowest BCUT2D eigenvalue weighted by molar-refractivity contribution is -0.145. The molecule has 11 heavy (non-hydrogen) atoms. The number of carboxylic acid groups (broad SMARTS) is 1. The average molecular weight is 270 g/mol. The molecule has 0 amide bonds. The number of hydrogen-bond acceptors (Lipinski definition) is 2. The number of aliphatic carboxylic acids is 1. The first-order valence-electron chi connectivity index (χ1n) is 3.72. The Morgan fingerprint density at radius 3 is 2.55 bits per heavy atom. The van der Waals surface area contributed by atoms with Gasteiger partial charge in [0.1, 0.15) is 0 Å². The summed E-state index contributed by atoms with van der Waals surface area (Å²) < 4.78 is 4.59. The van der Waals surface area contributed by atoms with E-state index < -0.39 is 10.1 Å². The van der Waals surface area contributed by atoms with Crippen molar-refractivity contribution < 1.29 is 14.6 Å². The fourth-order valence-electron chi connectivity index (χ4n) is 1.25. The highest BCUT2D eigenvalue weighted by Gasteiger charge is 2.22. The van der Waals surface area contributed by atoms with Crippen molar-refractivity contribution in [3.63, 3.8) is 0 Å². The second kappa shape index (κ2) is 4.25. The minimum atomic E-state index is -0.877. The molecule has 1 N–H and O–H groups in total. The van der Waals surface area contributed by atoms with Gasteiger partial charge in [-0.05, 0) is 35.4 Å². The third-order valence-corrected chi connectivity index (χ3v) is 2.63. The van der Waals surface area contributed by atoms with Gasteiger partial charge in [0, 0.05) is 0 Å². The van der Waals surface area contributed by atoms with Crippen LogP contribution < -0.4 is 0 Å². The summed E-state index contributed by atoms with van der Waals surface area (Å²) in [5.41, 5.74) is 0. The molecule has 0 spiro atoms. The van der Waals surface area contributed by atoms with Crippen LogP contribution in [0.15, 0.2) is 0 Å².